The lowest BCUT2D eigenvalue weighted by molar-refractivity contribution is -0.202. The molecule has 1 saturated heterocycles. The molecule has 1 spiro atoms. The molecule has 5 nitrogen and oxygen atoms in total. The van der Waals surface area contributed by atoms with Gasteiger partial charge < -0.3 is 20.3 Å². The van der Waals surface area contributed by atoms with Crippen LogP contribution in [0.25, 0.3) is 0 Å². The quantitative estimate of drug-likeness (QED) is 0.757. The highest BCUT2D eigenvalue weighted by Crippen LogP contribution is 2.66. The van der Waals surface area contributed by atoms with Crippen LogP contribution in [0.4, 0.5) is 0 Å². The number of aromatic hydroxyl groups is 1. The minimum atomic E-state index is -0.788. The van der Waals surface area contributed by atoms with Crippen LogP contribution in [0.5, 0.6) is 11.5 Å². The van der Waals surface area contributed by atoms with Crippen molar-refractivity contribution in [3.8, 4) is 11.5 Å². The zero-order chi connectivity index (χ0) is 18.6. The molecule has 146 valence electrons. The van der Waals surface area contributed by atoms with E-state index >= 15 is 0 Å². The molecule has 1 aromatic rings. The molecule has 27 heavy (non-hydrogen) atoms. The number of benzene rings is 1. The van der Waals surface area contributed by atoms with Gasteiger partial charge in [-0.2, -0.15) is 0 Å². The van der Waals surface area contributed by atoms with E-state index in [9.17, 15) is 10.2 Å². The molecule has 3 aliphatic carbocycles. The van der Waals surface area contributed by atoms with Crippen molar-refractivity contribution in [1.82, 2.24) is 10.2 Å². The minimum Gasteiger partial charge on any atom is -0.504 e. The standard InChI is InChI=1S/C22H30N2O3/c1-12-10-22(26)16-9-14-5-6-15(25)19-17(14)21(22,20(27-19)18(12)23-2)7-8-24(16)11-13-3-4-13/h5-6,12-13,16,18,20,23,25-26H,3-4,7-11H2,1-2H3/t12?,16-,18?,20?,21+,22-/m1/s1. The van der Waals surface area contributed by atoms with Crippen LogP contribution < -0.4 is 10.1 Å². The number of nitrogens with zero attached hydrogens (tertiary/aromatic N) is 1. The van der Waals surface area contributed by atoms with Gasteiger partial charge in [-0.3, -0.25) is 4.90 Å². The monoisotopic (exact) mass is 370 g/mol. The van der Waals surface area contributed by atoms with Crippen LogP contribution in [-0.4, -0.2) is 59.0 Å². The van der Waals surface area contributed by atoms with Gasteiger partial charge in [0.05, 0.1) is 11.0 Å². The molecule has 3 N–H and O–H groups in total. The van der Waals surface area contributed by atoms with Crippen molar-refractivity contribution >= 4 is 0 Å². The number of aliphatic hydroxyl groups is 1. The molecule has 3 fully saturated rings. The lowest BCUT2D eigenvalue weighted by atomic mass is 9.47. The van der Waals surface area contributed by atoms with E-state index in [-0.39, 0.29) is 23.9 Å². The van der Waals surface area contributed by atoms with Crippen LogP contribution in [0.3, 0.4) is 0 Å². The zero-order valence-corrected chi connectivity index (χ0v) is 16.2. The van der Waals surface area contributed by atoms with E-state index in [0.717, 1.165) is 43.8 Å². The second kappa shape index (κ2) is 5.19. The van der Waals surface area contributed by atoms with Gasteiger partial charge in [-0.15, -0.1) is 0 Å². The van der Waals surface area contributed by atoms with Crippen LogP contribution in [-0.2, 0) is 11.8 Å². The number of nitrogens with one attached hydrogen (secondary N) is 1. The van der Waals surface area contributed by atoms with Gasteiger partial charge in [0, 0.05) is 24.2 Å². The average Bonchev–Trinajstić information content (AvgIpc) is 3.37. The number of hydrogen-bond acceptors (Lipinski definition) is 5. The van der Waals surface area contributed by atoms with Crippen LogP contribution in [0.15, 0.2) is 12.1 Å². The lowest BCUT2D eigenvalue weighted by Gasteiger charge is -2.65. The summed E-state index contributed by atoms with van der Waals surface area (Å²) in [6.45, 7) is 4.37. The van der Waals surface area contributed by atoms with Gasteiger partial charge in [0.15, 0.2) is 11.5 Å². The van der Waals surface area contributed by atoms with Gasteiger partial charge in [0.25, 0.3) is 0 Å². The molecular weight excluding hydrogens is 340 g/mol. The summed E-state index contributed by atoms with van der Waals surface area (Å²) in [5.41, 5.74) is 1.19. The normalized spacial score (nSPS) is 44.7. The van der Waals surface area contributed by atoms with Gasteiger partial charge >= 0.3 is 0 Å². The molecule has 5 heteroatoms. The number of likely N-dealkylation sites (tertiary alicyclic amines) is 1. The Kier molecular flexibility index (Phi) is 3.20. The topological polar surface area (TPSA) is 65.0 Å². The van der Waals surface area contributed by atoms with E-state index in [4.69, 9.17) is 4.74 Å². The average molecular weight is 370 g/mol. The number of likely N-dealkylation sites (N-methyl/N-ethyl adjacent to an activating group) is 1. The van der Waals surface area contributed by atoms with Gasteiger partial charge in [0.2, 0.25) is 0 Å². The van der Waals surface area contributed by atoms with Crippen LogP contribution in [0.2, 0.25) is 0 Å². The summed E-state index contributed by atoms with van der Waals surface area (Å²) in [4.78, 5) is 2.58. The molecule has 2 heterocycles. The zero-order valence-electron chi connectivity index (χ0n) is 16.2. The lowest BCUT2D eigenvalue weighted by Crippen LogP contribution is -2.79. The Bertz CT molecular complexity index is 809. The van der Waals surface area contributed by atoms with Crippen molar-refractivity contribution in [2.45, 2.75) is 68.2 Å². The second-order valence-electron chi connectivity index (χ2n) is 9.79. The highest BCUT2D eigenvalue weighted by molar-refractivity contribution is 5.62. The van der Waals surface area contributed by atoms with E-state index < -0.39 is 11.0 Å². The summed E-state index contributed by atoms with van der Waals surface area (Å²) in [7, 11) is 2.00. The van der Waals surface area contributed by atoms with Gasteiger partial charge in [-0.1, -0.05) is 13.0 Å². The summed E-state index contributed by atoms with van der Waals surface area (Å²) in [6, 6.07) is 4.19. The molecule has 3 unspecified atom stereocenters. The molecule has 0 aromatic heterocycles. The number of piperidine rings is 1. The van der Waals surface area contributed by atoms with Crippen molar-refractivity contribution in [3.05, 3.63) is 23.3 Å². The highest BCUT2D eigenvalue weighted by Gasteiger charge is 2.73. The second-order valence-corrected chi connectivity index (χ2v) is 9.79. The Morgan fingerprint density at radius 2 is 2.15 bits per heavy atom. The fourth-order valence-corrected chi connectivity index (χ4v) is 7.19. The van der Waals surface area contributed by atoms with Crippen molar-refractivity contribution in [3.63, 3.8) is 0 Å². The number of phenols is 1. The van der Waals surface area contributed by atoms with E-state index in [1.807, 2.05) is 7.05 Å². The molecular formula is C22H30N2O3. The predicted octanol–water partition coefficient (Wildman–Crippen LogP) is 1.79. The Hall–Kier alpha value is -1.30. The van der Waals surface area contributed by atoms with Crippen LogP contribution >= 0.6 is 0 Å². The van der Waals surface area contributed by atoms with E-state index in [2.05, 4.69) is 23.2 Å². The van der Waals surface area contributed by atoms with E-state index in [1.54, 1.807) is 6.07 Å². The first-order valence-electron chi connectivity index (χ1n) is 10.7. The van der Waals surface area contributed by atoms with E-state index in [0.29, 0.717) is 11.7 Å². The van der Waals surface area contributed by atoms with Gasteiger partial charge in [-0.25, -0.2) is 0 Å². The maximum atomic E-state index is 12.4. The molecule has 6 atom stereocenters. The Balaban J connectivity index is 1.57. The molecule has 5 aliphatic rings. The fourth-order valence-electron chi connectivity index (χ4n) is 7.19. The predicted molar refractivity (Wildman–Crippen MR) is 102 cm³/mol. The number of hydrogen-bond donors (Lipinski definition) is 3. The van der Waals surface area contributed by atoms with Gasteiger partial charge in [0.1, 0.15) is 6.10 Å². The Labute approximate surface area is 160 Å². The third-order valence-corrected chi connectivity index (χ3v) is 8.47. The first kappa shape index (κ1) is 16.6. The summed E-state index contributed by atoms with van der Waals surface area (Å²) >= 11 is 0. The van der Waals surface area contributed by atoms with Crippen molar-refractivity contribution in [1.29, 1.82) is 0 Å². The maximum absolute atomic E-state index is 12.4. The SMILES string of the molecule is CNC1C(C)C[C@@]2(O)[C@H]3Cc4ccc(O)c5c4[C@@]2(CCN3CC2CC2)C1O5. The third-order valence-electron chi connectivity index (χ3n) is 8.47. The minimum absolute atomic E-state index is 0.121. The highest BCUT2D eigenvalue weighted by atomic mass is 16.5. The fraction of sp³-hybridized carbons (Fsp3) is 0.727. The van der Waals surface area contributed by atoms with Gasteiger partial charge in [-0.05, 0) is 69.2 Å². The molecule has 2 saturated carbocycles. The molecule has 0 amide bonds. The summed E-state index contributed by atoms with van der Waals surface area (Å²) in [6.07, 6.45) is 5.12. The largest absolute Gasteiger partial charge is 0.504 e. The first-order valence-corrected chi connectivity index (χ1v) is 10.7. The molecule has 2 aliphatic heterocycles. The van der Waals surface area contributed by atoms with Crippen molar-refractivity contribution < 1.29 is 14.9 Å². The van der Waals surface area contributed by atoms with E-state index in [1.165, 1.54) is 18.4 Å². The summed E-state index contributed by atoms with van der Waals surface area (Å²) < 4.78 is 6.49. The number of rotatable bonds is 3. The number of phenolic OH excluding ortho intramolecular Hbond substituents is 1. The first-order chi connectivity index (χ1) is 13.0. The Morgan fingerprint density at radius 3 is 2.89 bits per heavy atom. The molecule has 0 radical (unpaired) electrons. The van der Waals surface area contributed by atoms with Crippen LogP contribution in [0.1, 0.15) is 43.7 Å². The van der Waals surface area contributed by atoms with Crippen molar-refractivity contribution in [2.75, 3.05) is 20.1 Å². The maximum Gasteiger partial charge on any atom is 0.165 e. The van der Waals surface area contributed by atoms with Crippen LogP contribution in [0, 0.1) is 11.8 Å². The number of ether oxygens (including phenoxy) is 1. The smallest absolute Gasteiger partial charge is 0.165 e. The molecule has 2 bridgehead atoms. The van der Waals surface area contributed by atoms with Crippen molar-refractivity contribution in [2.24, 2.45) is 11.8 Å². The molecule has 1 aromatic carbocycles. The Morgan fingerprint density at radius 1 is 1.33 bits per heavy atom. The third kappa shape index (κ3) is 1.86. The molecule has 6 rings (SSSR count). The summed E-state index contributed by atoms with van der Waals surface area (Å²) in [5, 5.41) is 26.4. The summed E-state index contributed by atoms with van der Waals surface area (Å²) in [5.74, 6) is 2.00.